The van der Waals surface area contributed by atoms with Crippen molar-refractivity contribution < 1.29 is 9.85 Å². The highest BCUT2D eigenvalue weighted by atomic mass is 16.6. The molecule has 25 heavy (non-hydrogen) atoms. The van der Waals surface area contributed by atoms with E-state index < -0.39 is 9.85 Å². The largest absolute Gasteiger partial charge is 0.301 e. The monoisotopic (exact) mass is 346 g/mol. The average molecular weight is 346 g/mol. The van der Waals surface area contributed by atoms with E-state index in [2.05, 4.69) is 10.5 Å². The Morgan fingerprint density at radius 3 is 2.40 bits per heavy atom. The predicted octanol–water partition coefficient (Wildman–Crippen LogP) is 4.82. The summed E-state index contributed by atoms with van der Waals surface area (Å²) in [5.74, 6) is 0.327. The molecule has 0 saturated heterocycles. The molecule has 0 heterocycles. The lowest BCUT2D eigenvalue weighted by molar-refractivity contribution is -0.393. The molecule has 1 aromatic rings. The van der Waals surface area contributed by atoms with Crippen LogP contribution in [-0.4, -0.2) is 15.6 Å². The van der Waals surface area contributed by atoms with Gasteiger partial charge >= 0.3 is 5.69 Å². The van der Waals surface area contributed by atoms with Gasteiger partial charge in [-0.15, -0.1) is 0 Å². The molecule has 1 fully saturated rings. The zero-order valence-corrected chi connectivity index (χ0v) is 14.4. The van der Waals surface area contributed by atoms with Gasteiger partial charge in [0.2, 0.25) is 0 Å². The van der Waals surface area contributed by atoms with Gasteiger partial charge in [0.25, 0.3) is 5.69 Å². The maximum atomic E-state index is 11.2. The summed E-state index contributed by atoms with van der Waals surface area (Å²) in [6.45, 7) is 3.96. The topological polar surface area (TPSA) is 111 Å². The van der Waals surface area contributed by atoms with E-state index in [1.807, 2.05) is 19.9 Å². The number of hydrogen-bond acceptors (Lipinski definition) is 6. The van der Waals surface area contributed by atoms with Crippen molar-refractivity contribution >= 4 is 22.8 Å². The summed E-state index contributed by atoms with van der Waals surface area (Å²) in [5.41, 5.74) is 4.17. The van der Waals surface area contributed by atoms with Gasteiger partial charge in [-0.05, 0) is 38.8 Å². The summed E-state index contributed by atoms with van der Waals surface area (Å²) >= 11 is 0. The van der Waals surface area contributed by atoms with Gasteiger partial charge in [0, 0.05) is 12.0 Å². The third-order valence-corrected chi connectivity index (χ3v) is 4.15. The van der Waals surface area contributed by atoms with Crippen LogP contribution in [0.2, 0.25) is 0 Å². The Balaban J connectivity index is 2.31. The van der Waals surface area contributed by atoms with Crippen LogP contribution >= 0.6 is 0 Å². The molecule has 2 rings (SSSR count). The predicted molar refractivity (Wildman–Crippen MR) is 96.8 cm³/mol. The maximum Gasteiger partial charge on any atom is 0.301 e. The second-order valence-corrected chi connectivity index (χ2v) is 6.42. The number of allylic oxidation sites excluding steroid dienone is 2. The van der Waals surface area contributed by atoms with E-state index in [-0.39, 0.29) is 17.1 Å². The third-order valence-electron chi connectivity index (χ3n) is 4.15. The van der Waals surface area contributed by atoms with Crippen molar-refractivity contribution in [2.75, 3.05) is 5.43 Å². The number of nitro benzene ring substituents is 2. The third kappa shape index (κ3) is 5.10. The molecule has 0 radical (unpaired) electrons. The Kier molecular flexibility index (Phi) is 6.21. The highest BCUT2D eigenvalue weighted by Gasteiger charge is 2.21. The first-order chi connectivity index (χ1) is 11.9. The van der Waals surface area contributed by atoms with Crippen molar-refractivity contribution in [2.24, 2.45) is 11.0 Å². The minimum Gasteiger partial charge on any atom is -0.271 e. The number of nitrogens with zero attached hydrogens (tertiary/aromatic N) is 3. The number of non-ortho nitro benzene ring substituents is 1. The van der Waals surface area contributed by atoms with Crippen molar-refractivity contribution in [3.63, 3.8) is 0 Å². The zero-order valence-electron chi connectivity index (χ0n) is 14.4. The Bertz CT molecular complexity index is 717. The summed E-state index contributed by atoms with van der Waals surface area (Å²) in [5, 5.41) is 26.4. The highest BCUT2D eigenvalue weighted by molar-refractivity contribution is 5.98. The van der Waals surface area contributed by atoms with E-state index in [1.54, 1.807) is 0 Å². The fourth-order valence-electron chi connectivity index (χ4n) is 2.94. The summed E-state index contributed by atoms with van der Waals surface area (Å²) in [4.78, 5) is 20.7. The second kappa shape index (κ2) is 8.36. The Labute approximate surface area is 145 Å². The number of hydrogen-bond donors (Lipinski definition) is 1. The van der Waals surface area contributed by atoms with Gasteiger partial charge in [0.15, 0.2) is 0 Å². The molecule has 1 aromatic carbocycles. The molecule has 1 aliphatic rings. The van der Waals surface area contributed by atoms with Gasteiger partial charge in [-0.2, -0.15) is 5.10 Å². The number of benzene rings is 1. The van der Waals surface area contributed by atoms with E-state index in [0.717, 1.165) is 43.0 Å². The summed E-state index contributed by atoms with van der Waals surface area (Å²) in [6.07, 6.45) is 7.61. The fraction of sp³-hybridized carbons (Fsp3) is 0.471. The standard InChI is InChI=1S/C17H22N4O4/c1-12(2)10-16(13-6-4-3-5-7-13)19-18-15-9-8-14(20(22)23)11-17(15)21(24)25/h8-11,13,18H,3-7H2,1-2H3/b19-16+. The maximum absolute atomic E-state index is 11.2. The lowest BCUT2D eigenvalue weighted by atomic mass is 9.85. The average Bonchev–Trinajstić information content (AvgIpc) is 2.58. The van der Waals surface area contributed by atoms with E-state index >= 15 is 0 Å². The first-order valence-corrected chi connectivity index (χ1v) is 8.30. The Morgan fingerprint density at radius 2 is 1.84 bits per heavy atom. The van der Waals surface area contributed by atoms with Gasteiger partial charge in [-0.25, -0.2) is 0 Å². The quantitative estimate of drug-likeness (QED) is 0.451. The Hall–Kier alpha value is -2.77. The molecule has 0 atom stereocenters. The van der Waals surface area contributed by atoms with Crippen LogP contribution in [0, 0.1) is 26.1 Å². The van der Waals surface area contributed by atoms with E-state index in [0.29, 0.717) is 5.92 Å². The normalized spacial score (nSPS) is 15.5. The van der Waals surface area contributed by atoms with Gasteiger partial charge in [-0.3, -0.25) is 25.7 Å². The minimum absolute atomic E-state index is 0.145. The van der Waals surface area contributed by atoms with Crippen LogP contribution in [0.5, 0.6) is 0 Å². The van der Waals surface area contributed by atoms with Crippen LogP contribution in [-0.2, 0) is 0 Å². The zero-order chi connectivity index (χ0) is 18.4. The number of rotatable bonds is 6. The molecule has 0 spiro atoms. The number of hydrazone groups is 1. The smallest absolute Gasteiger partial charge is 0.271 e. The molecule has 1 saturated carbocycles. The SMILES string of the molecule is CC(C)=C/C(=N\Nc1ccc([N+](=O)[O-])cc1[N+](=O)[O-])C1CCCCC1. The van der Waals surface area contributed by atoms with Crippen LogP contribution in [0.4, 0.5) is 17.1 Å². The molecular formula is C17H22N4O4. The van der Waals surface area contributed by atoms with Crippen molar-refractivity contribution in [1.82, 2.24) is 0 Å². The van der Waals surface area contributed by atoms with Crippen molar-refractivity contribution in [3.8, 4) is 0 Å². The number of nitro groups is 2. The van der Waals surface area contributed by atoms with Gasteiger partial charge in [-0.1, -0.05) is 24.8 Å². The van der Waals surface area contributed by atoms with E-state index in [4.69, 9.17) is 0 Å². The molecule has 0 aliphatic heterocycles. The van der Waals surface area contributed by atoms with Gasteiger partial charge < -0.3 is 0 Å². The summed E-state index contributed by atoms with van der Waals surface area (Å²) < 4.78 is 0. The van der Waals surface area contributed by atoms with Crippen molar-refractivity contribution in [3.05, 3.63) is 50.1 Å². The first kappa shape index (κ1) is 18.6. The van der Waals surface area contributed by atoms with Crippen LogP contribution in [0.3, 0.4) is 0 Å². The molecule has 8 nitrogen and oxygen atoms in total. The van der Waals surface area contributed by atoms with E-state index in [1.165, 1.54) is 18.6 Å². The van der Waals surface area contributed by atoms with Crippen LogP contribution < -0.4 is 5.43 Å². The molecule has 0 amide bonds. The van der Waals surface area contributed by atoms with Gasteiger partial charge in [0.1, 0.15) is 5.69 Å². The molecule has 0 unspecified atom stereocenters. The molecule has 0 aromatic heterocycles. The summed E-state index contributed by atoms with van der Waals surface area (Å²) in [7, 11) is 0. The van der Waals surface area contributed by atoms with E-state index in [9.17, 15) is 20.2 Å². The number of anilines is 1. The number of nitrogens with one attached hydrogen (secondary N) is 1. The van der Waals surface area contributed by atoms with Crippen LogP contribution in [0.1, 0.15) is 46.0 Å². The molecule has 1 aliphatic carbocycles. The van der Waals surface area contributed by atoms with Crippen molar-refractivity contribution in [1.29, 1.82) is 0 Å². The second-order valence-electron chi connectivity index (χ2n) is 6.42. The Morgan fingerprint density at radius 1 is 1.16 bits per heavy atom. The minimum atomic E-state index is -0.656. The molecule has 1 N–H and O–H groups in total. The van der Waals surface area contributed by atoms with Gasteiger partial charge in [0.05, 0.1) is 21.6 Å². The lowest BCUT2D eigenvalue weighted by Crippen LogP contribution is -2.17. The highest BCUT2D eigenvalue weighted by Crippen LogP contribution is 2.30. The molecule has 134 valence electrons. The molecule has 0 bridgehead atoms. The molecule has 8 heteroatoms. The molecular weight excluding hydrogens is 324 g/mol. The van der Waals surface area contributed by atoms with Crippen LogP contribution in [0.25, 0.3) is 0 Å². The first-order valence-electron chi connectivity index (χ1n) is 8.30. The summed E-state index contributed by atoms with van der Waals surface area (Å²) in [6, 6.07) is 3.49. The fourth-order valence-corrected chi connectivity index (χ4v) is 2.94. The lowest BCUT2D eigenvalue weighted by Gasteiger charge is -2.22. The van der Waals surface area contributed by atoms with Crippen molar-refractivity contribution in [2.45, 2.75) is 46.0 Å². The van der Waals surface area contributed by atoms with Crippen LogP contribution in [0.15, 0.2) is 34.9 Å².